The van der Waals surface area contributed by atoms with Gasteiger partial charge in [0.15, 0.2) is 0 Å². The van der Waals surface area contributed by atoms with Gasteiger partial charge in [0, 0.05) is 12.0 Å². The molecular weight excluding hydrogens is 254 g/mol. The van der Waals surface area contributed by atoms with E-state index in [4.69, 9.17) is 0 Å². The fourth-order valence-corrected chi connectivity index (χ4v) is 2.82. The Bertz CT molecular complexity index is 479. The highest BCUT2D eigenvalue weighted by Crippen LogP contribution is 2.29. The van der Waals surface area contributed by atoms with Crippen LogP contribution in [-0.4, -0.2) is 12.6 Å². The van der Waals surface area contributed by atoms with Crippen molar-refractivity contribution in [3.8, 4) is 0 Å². The SMILES string of the molecule is C=CCC(NCCC)C(c1ccccc1)c1ccccc1. The minimum atomic E-state index is 0.358. The lowest BCUT2D eigenvalue weighted by Crippen LogP contribution is -2.35. The molecule has 2 aromatic rings. The second-order valence-corrected chi connectivity index (χ2v) is 5.38. The summed E-state index contributed by atoms with van der Waals surface area (Å²) in [6, 6.07) is 21.9. The van der Waals surface area contributed by atoms with Gasteiger partial charge in [-0.05, 0) is 30.5 Å². The molecule has 0 saturated carbocycles. The first-order chi connectivity index (χ1) is 10.4. The van der Waals surface area contributed by atoms with Crippen molar-refractivity contribution in [2.24, 2.45) is 0 Å². The van der Waals surface area contributed by atoms with Gasteiger partial charge in [0.2, 0.25) is 0 Å². The third-order valence-corrected chi connectivity index (χ3v) is 3.80. The van der Waals surface area contributed by atoms with Gasteiger partial charge in [0.1, 0.15) is 0 Å². The molecule has 0 aromatic heterocycles. The van der Waals surface area contributed by atoms with Crippen molar-refractivity contribution in [2.75, 3.05) is 6.54 Å². The molecule has 0 spiro atoms. The predicted octanol–water partition coefficient (Wildman–Crippen LogP) is 4.76. The smallest absolute Gasteiger partial charge is 0.0246 e. The van der Waals surface area contributed by atoms with Crippen LogP contribution in [0.3, 0.4) is 0 Å². The van der Waals surface area contributed by atoms with Crippen LogP contribution in [0, 0.1) is 0 Å². The molecule has 1 atom stereocenters. The summed E-state index contributed by atoms with van der Waals surface area (Å²) < 4.78 is 0. The molecule has 1 heteroatoms. The number of rotatable bonds is 8. The second kappa shape index (κ2) is 8.43. The van der Waals surface area contributed by atoms with Crippen molar-refractivity contribution in [3.63, 3.8) is 0 Å². The highest BCUT2D eigenvalue weighted by Gasteiger charge is 2.23. The summed E-state index contributed by atoms with van der Waals surface area (Å²) in [6.07, 6.45) is 4.13. The molecule has 110 valence electrons. The summed E-state index contributed by atoms with van der Waals surface area (Å²) in [7, 11) is 0. The topological polar surface area (TPSA) is 12.0 Å². The molecule has 0 amide bonds. The molecular formula is C20H25N. The first kappa shape index (κ1) is 15.5. The van der Waals surface area contributed by atoms with E-state index in [2.05, 4.69) is 79.5 Å². The van der Waals surface area contributed by atoms with Gasteiger partial charge in [-0.1, -0.05) is 73.7 Å². The zero-order valence-corrected chi connectivity index (χ0v) is 12.8. The number of nitrogens with one attached hydrogen (secondary N) is 1. The Balaban J connectivity index is 2.36. The van der Waals surface area contributed by atoms with Gasteiger partial charge >= 0.3 is 0 Å². The lowest BCUT2D eigenvalue weighted by molar-refractivity contribution is 0.469. The average Bonchev–Trinajstić information content (AvgIpc) is 2.55. The van der Waals surface area contributed by atoms with E-state index in [0.717, 1.165) is 19.4 Å². The van der Waals surface area contributed by atoms with Crippen molar-refractivity contribution in [1.82, 2.24) is 5.32 Å². The van der Waals surface area contributed by atoms with Crippen molar-refractivity contribution < 1.29 is 0 Å². The first-order valence-electron chi connectivity index (χ1n) is 7.81. The second-order valence-electron chi connectivity index (χ2n) is 5.38. The van der Waals surface area contributed by atoms with E-state index >= 15 is 0 Å². The summed E-state index contributed by atoms with van der Waals surface area (Å²) in [5.41, 5.74) is 2.72. The summed E-state index contributed by atoms with van der Waals surface area (Å²) in [4.78, 5) is 0. The Labute approximate surface area is 128 Å². The largest absolute Gasteiger partial charge is 0.313 e. The summed E-state index contributed by atoms with van der Waals surface area (Å²) in [6.45, 7) is 7.18. The van der Waals surface area contributed by atoms with Crippen LogP contribution in [0.2, 0.25) is 0 Å². The monoisotopic (exact) mass is 279 g/mol. The molecule has 2 aromatic carbocycles. The van der Waals surface area contributed by atoms with Gasteiger partial charge in [-0.2, -0.15) is 0 Å². The van der Waals surface area contributed by atoms with Gasteiger partial charge in [0.25, 0.3) is 0 Å². The summed E-state index contributed by atoms with van der Waals surface area (Å²) >= 11 is 0. The molecule has 0 heterocycles. The maximum Gasteiger partial charge on any atom is 0.0246 e. The Morgan fingerprint density at radius 2 is 1.48 bits per heavy atom. The van der Waals surface area contributed by atoms with Gasteiger partial charge < -0.3 is 5.32 Å². The van der Waals surface area contributed by atoms with E-state index in [-0.39, 0.29) is 0 Å². The predicted molar refractivity (Wildman–Crippen MR) is 91.6 cm³/mol. The average molecular weight is 279 g/mol. The van der Waals surface area contributed by atoms with Crippen LogP contribution in [0.15, 0.2) is 73.3 Å². The maximum atomic E-state index is 3.94. The molecule has 0 aliphatic heterocycles. The molecule has 0 bridgehead atoms. The van der Waals surface area contributed by atoms with Crippen LogP contribution in [0.25, 0.3) is 0 Å². The van der Waals surface area contributed by atoms with Crippen LogP contribution < -0.4 is 5.32 Å². The number of hydrogen-bond acceptors (Lipinski definition) is 1. The van der Waals surface area contributed by atoms with Crippen molar-refractivity contribution >= 4 is 0 Å². The van der Waals surface area contributed by atoms with E-state index in [0.29, 0.717) is 12.0 Å². The number of benzene rings is 2. The minimum Gasteiger partial charge on any atom is -0.313 e. The van der Waals surface area contributed by atoms with Crippen LogP contribution in [0.5, 0.6) is 0 Å². The van der Waals surface area contributed by atoms with E-state index in [9.17, 15) is 0 Å². The van der Waals surface area contributed by atoms with Gasteiger partial charge in [-0.3, -0.25) is 0 Å². The lowest BCUT2D eigenvalue weighted by Gasteiger charge is -2.28. The molecule has 0 radical (unpaired) electrons. The molecule has 0 aliphatic carbocycles. The Morgan fingerprint density at radius 3 is 1.90 bits per heavy atom. The van der Waals surface area contributed by atoms with Gasteiger partial charge in [-0.25, -0.2) is 0 Å². The normalized spacial score (nSPS) is 12.3. The van der Waals surface area contributed by atoms with Crippen LogP contribution in [0.1, 0.15) is 36.8 Å². The zero-order valence-electron chi connectivity index (χ0n) is 12.8. The highest BCUT2D eigenvalue weighted by atomic mass is 14.9. The van der Waals surface area contributed by atoms with Gasteiger partial charge in [0.05, 0.1) is 0 Å². The Hall–Kier alpha value is -1.86. The van der Waals surface area contributed by atoms with Crippen LogP contribution in [0.4, 0.5) is 0 Å². The van der Waals surface area contributed by atoms with Gasteiger partial charge in [-0.15, -0.1) is 6.58 Å². The van der Waals surface area contributed by atoms with Crippen LogP contribution >= 0.6 is 0 Å². The quantitative estimate of drug-likeness (QED) is 0.687. The molecule has 21 heavy (non-hydrogen) atoms. The standard InChI is InChI=1S/C20H25N/c1-3-11-19(21-16-4-2)20(17-12-7-5-8-13-17)18-14-9-6-10-15-18/h3,5-10,12-15,19-21H,1,4,11,16H2,2H3. The highest BCUT2D eigenvalue weighted by molar-refractivity contribution is 5.34. The first-order valence-corrected chi connectivity index (χ1v) is 7.81. The Morgan fingerprint density at radius 1 is 0.952 bits per heavy atom. The fourth-order valence-electron chi connectivity index (χ4n) is 2.82. The van der Waals surface area contributed by atoms with E-state index in [1.54, 1.807) is 0 Å². The molecule has 1 unspecified atom stereocenters. The fraction of sp³-hybridized carbons (Fsp3) is 0.300. The molecule has 0 aliphatic rings. The van der Waals surface area contributed by atoms with Crippen LogP contribution in [-0.2, 0) is 0 Å². The number of hydrogen-bond donors (Lipinski definition) is 1. The maximum absolute atomic E-state index is 3.94. The molecule has 1 N–H and O–H groups in total. The van der Waals surface area contributed by atoms with E-state index in [1.807, 2.05) is 6.08 Å². The summed E-state index contributed by atoms with van der Waals surface area (Å²) in [5, 5.41) is 3.70. The Kier molecular flexibility index (Phi) is 6.23. The van der Waals surface area contributed by atoms with Crippen molar-refractivity contribution in [2.45, 2.75) is 31.7 Å². The molecule has 2 rings (SSSR count). The summed E-state index contributed by atoms with van der Waals surface area (Å²) in [5.74, 6) is 0.358. The third-order valence-electron chi connectivity index (χ3n) is 3.80. The lowest BCUT2D eigenvalue weighted by atomic mass is 9.83. The van der Waals surface area contributed by atoms with Crippen molar-refractivity contribution in [3.05, 3.63) is 84.4 Å². The van der Waals surface area contributed by atoms with E-state index < -0.39 is 0 Å². The molecule has 0 saturated heterocycles. The van der Waals surface area contributed by atoms with Crippen molar-refractivity contribution in [1.29, 1.82) is 0 Å². The minimum absolute atomic E-state index is 0.358. The van der Waals surface area contributed by atoms with E-state index in [1.165, 1.54) is 11.1 Å². The zero-order chi connectivity index (χ0) is 14.9. The molecule has 1 nitrogen and oxygen atoms in total. The third kappa shape index (κ3) is 4.30. The molecule has 0 fully saturated rings.